The number of nitrogens with one attached hydrogen (secondary N) is 1. The van der Waals surface area contributed by atoms with Crippen molar-refractivity contribution in [2.75, 3.05) is 11.9 Å². The van der Waals surface area contributed by atoms with Crippen molar-refractivity contribution >= 4 is 28.2 Å². The zero-order chi connectivity index (χ0) is 17.8. The number of thiophene rings is 1. The first-order valence-electron chi connectivity index (χ1n) is 7.89. The number of fused-ring (bicyclic) bond motifs is 1. The summed E-state index contributed by atoms with van der Waals surface area (Å²) in [5, 5.41) is 21.8. The molecule has 0 atom stereocenters. The number of amides is 1. The molecule has 2 aromatic rings. The van der Waals surface area contributed by atoms with E-state index in [0.29, 0.717) is 10.6 Å². The zero-order valence-electron chi connectivity index (χ0n) is 13.4. The molecular weight excluding hydrogens is 340 g/mol. The van der Waals surface area contributed by atoms with Crippen molar-refractivity contribution in [2.24, 2.45) is 0 Å². The summed E-state index contributed by atoms with van der Waals surface area (Å²) in [4.78, 5) is 25.1. The van der Waals surface area contributed by atoms with Crippen LogP contribution in [-0.2, 0) is 22.4 Å². The van der Waals surface area contributed by atoms with E-state index in [1.54, 1.807) is 0 Å². The molecule has 7 heteroatoms. The van der Waals surface area contributed by atoms with Gasteiger partial charge in [0.15, 0.2) is 6.61 Å². The molecule has 3 rings (SSSR count). The van der Waals surface area contributed by atoms with Gasteiger partial charge in [0.1, 0.15) is 16.8 Å². The van der Waals surface area contributed by atoms with Gasteiger partial charge in [-0.1, -0.05) is 0 Å². The lowest BCUT2D eigenvalue weighted by atomic mass is 9.96. The minimum Gasteiger partial charge on any atom is -0.508 e. The van der Waals surface area contributed by atoms with Gasteiger partial charge in [-0.3, -0.25) is 4.79 Å². The van der Waals surface area contributed by atoms with Crippen LogP contribution in [0.5, 0.6) is 5.75 Å². The van der Waals surface area contributed by atoms with Crippen molar-refractivity contribution in [3.8, 4) is 11.8 Å². The van der Waals surface area contributed by atoms with E-state index in [4.69, 9.17) is 4.74 Å². The summed E-state index contributed by atoms with van der Waals surface area (Å²) in [5.41, 5.74) is 1.81. The highest BCUT2D eigenvalue weighted by molar-refractivity contribution is 7.16. The van der Waals surface area contributed by atoms with E-state index in [9.17, 15) is 20.0 Å². The Bertz CT molecular complexity index is 849. The molecule has 128 valence electrons. The van der Waals surface area contributed by atoms with Crippen LogP contribution >= 0.6 is 11.3 Å². The predicted molar refractivity (Wildman–Crippen MR) is 92.7 cm³/mol. The second-order valence-electron chi connectivity index (χ2n) is 5.70. The number of anilines is 1. The minimum absolute atomic E-state index is 0.0417. The lowest BCUT2D eigenvalue weighted by molar-refractivity contribution is -0.119. The summed E-state index contributed by atoms with van der Waals surface area (Å²) in [6, 6.07) is 7.73. The van der Waals surface area contributed by atoms with E-state index in [0.717, 1.165) is 36.1 Å². The number of benzene rings is 1. The summed E-state index contributed by atoms with van der Waals surface area (Å²) in [5.74, 6) is -1.09. The molecule has 0 spiro atoms. The third-order valence-corrected chi connectivity index (χ3v) is 5.18. The van der Waals surface area contributed by atoms with Crippen LogP contribution in [0.25, 0.3) is 0 Å². The van der Waals surface area contributed by atoms with E-state index in [2.05, 4.69) is 11.4 Å². The SMILES string of the molecule is N#Cc1c(NC(=O)COC(=O)c2ccc(O)cc2)sc2c1CCCC2. The average molecular weight is 356 g/mol. The molecule has 0 unspecified atom stereocenters. The fraction of sp³-hybridized carbons (Fsp3) is 0.278. The second-order valence-corrected chi connectivity index (χ2v) is 6.80. The maximum Gasteiger partial charge on any atom is 0.338 e. The first-order chi connectivity index (χ1) is 12.1. The van der Waals surface area contributed by atoms with Crippen LogP contribution in [0.4, 0.5) is 5.00 Å². The molecule has 1 heterocycles. The fourth-order valence-electron chi connectivity index (χ4n) is 2.75. The topological polar surface area (TPSA) is 99.4 Å². The molecule has 1 aromatic heterocycles. The molecule has 1 aliphatic rings. The lowest BCUT2D eigenvalue weighted by Gasteiger charge is -2.09. The van der Waals surface area contributed by atoms with Gasteiger partial charge in [-0.25, -0.2) is 4.79 Å². The van der Waals surface area contributed by atoms with Gasteiger partial charge >= 0.3 is 5.97 Å². The molecule has 1 aromatic carbocycles. The summed E-state index contributed by atoms with van der Waals surface area (Å²) in [6.07, 6.45) is 3.94. The highest BCUT2D eigenvalue weighted by Gasteiger charge is 2.22. The Hall–Kier alpha value is -2.85. The Morgan fingerprint density at radius 1 is 1.24 bits per heavy atom. The molecule has 1 aliphatic carbocycles. The van der Waals surface area contributed by atoms with E-state index < -0.39 is 18.5 Å². The van der Waals surface area contributed by atoms with Crippen molar-refractivity contribution in [2.45, 2.75) is 25.7 Å². The van der Waals surface area contributed by atoms with Crippen LogP contribution in [0.2, 0.25) is 0 Å². The number of carbonyl (C=O) groups is 2. The highest BCUT2D eigenvalue weighted by Crippen LogP contribution is 2.37. The van der Waals surface area contributed by atoms with Crippen LogP contribution in [0.3, 0.4) is 0 Å². The Kier molecular flexibility index (Phi) is 5.00. The minimum atomic E-state index is -0.652. The summed E-state index contributed by atoms with van der Waals surface area (Å²) in [7, 11) is 0. The smallest absolute Gasteiger partial charge is 0.338 e. The monoisotopic (exact) mass is 356 g/mol. The maximum absolute atomic E-state index is 12.1. The lowest BCUT2D eigenvalue weighted by Crippen LogP contribution is -2.20. The Morgan fingerprint density at radius 3 is 2.68 bits per heavy atom. The Labute approximate surface area is 148 Å². The van der Waals surface area contributed by atoms with Crippen LogP contribution in [0.15, 0.2) is 24.3 Å². The van der Waals surface area contributed by atoms with Crippen molar-refractivity contribution < 1.29 is 19.4 Å². The van der Waals surface area contributed by atoms with Gasteiger partial charge in [0.05, 0.1) is 11.1 Å². The van der Waals surface area contributed by atoms with Gasteiger partial charge in [-0.2, -0.15) is 5.26 Å². The Morgan fingerprint density at radius 2 is 1.96 bits per heavy atom. The third kappa shape index (κ3) is 3.80. The molecule has 25 heavy (non-hydrogen) atoms. The normalized spacial score (nSPS) is 12.8. The Balaban J connectivity index is 1.61. The molecule has 0 fully saturated rings. The van der Waals surface area contributed by atoms with Crippen molar-refractivity contribution in [1.29, 1.82) is 5.26 Å². The van der Waals surface area contributed by atoms with Gasteiger partial charge in [0.25, 0.3) is 5.91 Å². The van der Waals surface area contributed by atoms with E-state index in [1.165, 1.54) is 35.6 Å². The molecule has 0 saturated heterocycles. The number of nitriles is 1. The summed E-state index contributed by atoms with van der Waals surface area (Å²) < 4.78 is 4.97. The molecule has 0 saturated carbocycles. The van der Waals surface area contributed by atoms with Crippen molar-refractivity contribution in [3.63, 3.8) is 0 Å². The summed E-state index contributed by atoms with van der Waals surface area (Å²) >= 11 is 1.42. The van der Waals surface area contributed by atoms with Gasteiger partial charge in [-0.05, 0) is 55.5 Å². The van der Waals surface area contributed by atoms with Crippen LogP contribution in [0.1, 0.15) is 39.2 Å². The predicted octanol–water partition coefficient (Wildman–Crippen LogP) is 3.00. The zero-order valence-corrected chi connectivity index (χ0v) is 14.2. The molecule has 0 aliphatic heterocycles. The van der Waals surface area contributed by atoms with Crippen molar-refractivity contribution in [1.82, 2.24) is 0 Å². The number of hydrogen-bond acceptors (Lipinski definition) is 6. The molecule has 1 amide bonds. The van der Waals surface area contributed by atoms with Gasteiger partial charge in [0.2, 0.25) is 0 Å². The number of ether oxygens (including phenoxy) is 1. The number of phenols is 1. The van der Waals surface area contributed by atoms with Crippen LogP contribution in [-0.4, -0.2) is 23.6 Å². The number of carbonyl (C=O) groups excluding carboxylic acids is 2. The number of nitrogens with zero attached hydrogens (tertiary/aromatic N) is 1. The standard InChI is InChI=1S/C18H16N2O4S/c19-9-14-13-3-1-2-4-15(13)25-17(14)20-16(22)10-24-18(23)11-5-7-12(21)8-6-11/h5-8,21H,1-4,10H2,(H,20,22). The third-order valence-electron chi connectivity index (χ3n) is 3.97. The van der Waals surface area contributed by atoms with Gasteiger partial charge in [0, 0.05) is 4.88 Å². The first kappa shape index (κ1) is 17.0. The summed E-state index contributed by atoms with van der Waals surface area (Å²) in [6.45, 7) is -0.437. The van der Waals surface area contributed by atoms with E-state index >= 15 is 0 Å². The number of aryl methyl sites for hydroxylation is 1. The second kappa shape index (κ2) is 7.36. The van der Waals surface area contributed by atoms with Gasteiger partial charge < -0.3 is 15.2 Å². The molecular formula is C18H16N2O4S. The molecule has 2 N–H and O–H groups in total. The molecule has 0 bridgehead atoms. The van der Waals surface area contributed by atoms with E-state index in [1.807, 2.05) is 0 Å². The van der Waals surface area contributed by atoms with E-state index in [-0.39, 0.29) is 11.3 Å². The quantitative estimate of drug-likeness (QED) is 0.821. The van der Waals surface area contributed by atoms with Gasteiger partial charge in [-0.15, -0.1) is 11.3 Å². The number of aromatic hydroxyl groups is 1. The average Bonchev–Trinajstić information content (AvgIpc) is 2.97. The number of phenolic OH excluding ortho intramolecular Hbond substituents is 1. The van der Waals surface area contributed by atoms with Crippen LogP contribution < -0.4 is 5.32 Å². The van der Waals surface area contributed by atoms with Crippen molar-refractivity contribution in [3.05, 3.63) is 45.8 Å². The maximum atomic E-state index is 12.1. The fourth-order valence-corrected chi connectivity index (χ4v) is 4.00. The number of hydrogen-bond donors (Lipinski definition) is 2. The number of rotatable bonds is 4. The largest absolute Gasteiger partial charge is 0.508 e. The molecule has 0 radical (unpaired) electrons. The highest BCUT2D eigenvalue weighted by atomic mass is 32.1. The molecule has 6 nitrogen and oxygen atoms in total. The van der Waals surface area contributed by atoms with Crippen LogP contribution in [0, 0.1) is 11.3 Å². The number of esters is 1. The first-order valence-corrected chi connectivity index (χ1v) is 8.71.